The van der Waals surface area contributed by atoms with Gasteiger partial charge in [-0.1, -0.05) is 133 Å². The number of fused-ring (bicyclic) bond motifs is 9. The molecule has 0 aliphatic carbocycles. The van der Waals surface area contributed by atoms with E-state index in [4.69, 9.17) is 8.83 Å². The van der Waals surface area contributed by atoms with Crippen molar-refractivity contribution in [3.8, 4) is 33.4 Å². The highest BCUT2D eigenvalue weighted by molar-refractivity contribution is 7.25. The molecule has 0 radical (unpaired) electrons. The van der Waals surface area contributed by atoms with Gasteiger partial charge in [0, 0.05) is 58.7 Å². The minimum atomic E-state index is 0.848. The first-order valence-corrected chi connectivity index (χ1v) is 20.4. The molecule has 0 spiro atoms. The van der Waals surface area contributed by atoms with E-state index in [9.17, 15) is 0 Å². The van der Waals surface area contributed by atoms with Gasteiger partial charge in [-0.3, -0.25) is 0 Å². The Kier molecular flexibility index (Phi) is 7.40. The van der Waals surface area contributed by atoms with E-state index < -0.39 is 0 Å². The highest BCUT2D eigenvalue weighted by Crippen LogP contribution is 2.48. The van der Waals surface area contributed by atoms with Crippen LogP contribution >= 0.6 is 11.3 Å². The van der Waals surface area contributed by atoms with Gasteiger partial charge in [0.2, 0.25) is 0 Å². The van der Waals surface area contributed by atoms with Gasteiger partial charge in [-0.15, -0.1) is 11.3 Å². The minimum Gasteiger partial charge on any atom is -0.456 e. The van der Waals surface area contributed by atoms with Crippen LogP contribution in [0.4, 0.5) is 17.1 Å². The number of para-hydroxylation sites is 2. The van der Waals surface area contributed by atoms with Crippen LogP contribution in [0.1, 0.15) is 0 Å². The third-order valence-electron chi connectivity index (χ3n) is 11.5. The van der Waals surface area contributed by atoms with Gasteiger partial charge in [-0.2, -0.15) is 0 Å². The van der Waals surface area contributed by atoms with Gasteiger partial charge in [-0.25, -0.2) is 0 Å². The second-order valence-corrected chi connectivity index (χ2v) is 15.9. The molecule has 12 aromatic rings. The second kappa shape index (κ2) is 13.1. The fourth-order valence-corrected chi connectivity index (χ4v) is 9.82. The average Bonchev–Trinajstić information content (AvgIpc) is 3.98. The normalized spacial score (nSPS) is 11.8. The summed E-state index contributed by atoms with van der Waals surface area (Å²) in [5.41, 5.74) is 13.4. The van der Waals surface area contributed by atoms with Gasteiger partial charge in [-0.05, 0) is 94.5 Å². The number of hydrogen-bond acceptors (Lipinski definition) is 4. The molecule has 0 N–H and O–H groups in total. The van der Waals surface area contributed by atoms with Crippen molar-refractivity contribution < 1.29 is 8.83 Å². The molecule has 12 rings (SSSR count). The smallest absolute Gasteiger partial charge is 0.160 e. The molecular formula is C54H33NO2S. The molecule has 0 unspecified atom stereocenters. The number of thiophene rings is 1. The fourth-order valence-electron chi connectivity index (χ4n) is 8.67. The first kappa shape index (κ1) is 32.8. The van der Waals surface area contributed by atoms with Crippen LogP contribution in [0.15, 0.2) is 209 Å². The summed E-state index contributed by atoms with van der Waals surface area (Å²) < 4.78 is 15.7. The molecule has 272 valence electrons. The molecule has 0 saturated carbocycles. The topological polar surface area (TPSA) is 29.5 Å². The first-order chi connectivity index (χ1) is 28.7. The molecule has 3 nitrogen and oxygen atoms in total. The van der Waals surface area contributed by atoms with Gasteiger partial charge in [0.15, 0.2) is 5.58 Å². The maximum atomic E-state index is 6.84. The van der Waals surface area contributed by atoms with E-state index >= 15 is 0 Å². The fraction of sp³-hybridized carbons (Fsp3) is 0. The van der Waals surface area contributed by atoms with Crippen LogP contribution in [-0.2, 0) is 0 Å². The lowest BCUT2D eigenvalue weighted by Crippen LogP contribution is -2.11. The Balaban J connectivity index is 1.03. The molecule has 0 amide bonds. The summed E-state index contributed by atoms with van der Waals surface area (Å²) in [6.07, 6.45) is 0. The standard InChI is InChI=1S/C54H33NO2S/c1-2-10-36(11-3-1)41-30-31-47-43-13-5-8-16-49(43)57-54(47)53(41)55(39-24-18-34(19-25-39)37-22-28-44-42-12-4-7-15-48(42)56-50(44)32-37)40-26-20-35(21-27-40)38-23-29-46-45-14-6-9-17-51(45)58-52(46)33-38/h1-33H. The molecule has 3 heterocycles. The van der Waals surface area contributed by atoms with Crippen molar-refractivity contribution in [1.29, 1.82) is 0 Å². The van der Waals surface area contributed by atoms with Crippen molar-refractivity contribution in [1.82, 2.24) is 0 Å². The molecule has 0 saturated heterocycles. The Bertz CT molecular complexity index is 3340. The monoisotopic (exact) mass is 759 g/mol. The molecule has 0 atom stereocenters. The number of hydrogen-bond donors (Lipinski definition) is 0. The van der Waals surface area contributed by atoms with Crippen LogP contribution in [0, 0.1) is 0 Å². The molecule has 9 aromatic carbocycles. The number of anilines is 3. The summed E-state index contributed by atoms with van der Waals surface area (Å²) >= 11 is 1.85. The minimum absolute atomic E-state index is 0.848. The molecule has 0 aliphatic rings. The van der Waals surface area contributed by atoms with E-state index in [1.54, 1.807) is 0 Å². The van der Waals surface area contributed by atoms with Crippen LogP contribution < -0.4 is 4.90 Å². The molecule has 58 heavy (non-hydrogen) atoms. The maximum absolute atomic E-state index is 6.84. The van der Waals surface area contributed by atoms with Crippen molar-refractivity contribution >= 4 is 92.4 Å². The zero-order valence-electron chi connectivity index (χ0n) is 31.2. The van der Waals surface area contributed by atoms with E-state index in [2.05, 4.69) is 187 Å². The highest BCUT2D eigenvalue weighted by Gasteiger charge is 2.24. The van der Waals surface area contributed by atoms with Crippen LogP contribution in [0.2, 0.25) is 0 Å². The van der Waals surface area contributed by atoms with Crippen molar-refractivity contribution in [3.05, 3.63) is 200 Å². The van der Waals surface area contributed by atoms with Crippen LogP contribution in [0.5, 0.6) is 0 Å². The SMILES string of the molecule is c1ccc(-c2ccc3c(oc4ccccc43)c2N(c2ccc(-c3ccc4c(c3)oc3ccccc34)cc2)c2ccc(-c3ccc4c(c3)sc3ccccc34)cc2)cc1. The predicted molar refractivity (Wildman–Crippen MR) is 245 cm³/mol. The molecule has 0 fully saturated rings. The lowest BCUT2D eigenvalue weighted by atomic mass is 9.98. The van der Waals surface area contributed by atoms with Crippen LogP contribution in [0.25, 0.3) is 97.4 Å². The maximum Gasteiger partial charge on any atom is 0.160 e. The summed E-state index contributed by atoms with van der Waals surface area (Å²) in [5, 5.41) is 7.06. The van der Waals surface area contributed by atoms with Crippen molar-refractivity contribution in [2.45, 2.75) is 0 Å². The number of furan rings is 2. The van der Waals surface area contributed by atoms with Crippen molar-refractivity contribution in [2.75, 3.05) is 4.90 Å². The average molecular weight is 760 g/mol. The van der Waals surface area contributed by atoms with E-state index in [1.807, 2.05) is 29.5 Å². The summed E-state index contributed by atoms with van der Waals surface area (Å²) in [6, 6.07) is 71.5. The van der Waals surface area contributed by atoms with Gasteiger partial charge in [0.05, 0.1) is 5.69 Å². The van der Waals surface area contributed by atoms with E-state index in [-0.39, 0.29) is 0 Å². The second-order valence-electron chi connectivity index (χ2n) is 14.9. The number of benzene rings is 9. The molecule has 0 bridgehead atoms. The summed E-state index contributed by atoms with van der Waals surface area (Å²) in [6.45, 7) is 0. The first-order valence-electron chi connectivity index (χ1n) is 19.6. The van der Waals surface area contributed by atoms with Gasteiger partial charge >= 0.3 is 0 Å². The van der Waals surface area contributed by atoms with Crippen molar-refractivity contribution in [3.63, 3.8) is 0 Å². The Morgan fingerprint density at radius 1 is 0.328 bits per heavy atom. The summed E-state index contributed by atoms with van der Waals surface area (Å²) in [4.78, 5) is 2.36. The van der Waals surface area contributed by atoms with Gasteiger partial charge < -0.3 is 13.7 Å². The third kappa shape index (κ3) is 5.27. The summed E-state index contributed by atoms with van der Waals surface area (Å²) in [5.74, 6) is 0. The van der Waals surface area contributed by atoms with Crippen LogP contribution in [-0.4, -0.2) is 0 Å². The molecule has 3 aromatic heterocycles. The lowest BCUT2D eigenvalue weighted by Gasteiger charge is -2.28. The number of nitrogens with zero attached hydrogens (tertiary/aromatic N) is 1. The predicted octanol–water partition coefficient (Wildman–Crippen LogP) is 16.3. The van der Waals surface area contributed by atoms with E-state index in [1.165, 1.54) is 31.3 Å². The number of rotatable bonds is 6. The summed E-state index contributed by atoms with van der Waals surface area (Å²) in [7, 11) is 0. The quantitative estimate of drug-likeness (QED) is 0.169. The lowest BCUT2D eigenvalue weighted by molar-refractivity contribution is 0.668. The van der Waals surface area contributed by atoms with E-state index in [0.717, 1.165) is 83.2 Å². The Morgan fingerprint density at radius 2 is 0.845 bits per heavy atom. The van der Waals surface area contributed by atoms with Crippen molar-refractivity contribution in [2.24, 2.45) is 0 Å². The Morgan fingerprint density at radius 3 is 1.57 bits per heavy atom. The third-order valence-corrected chi connectivity index (χ3v) is 12.6. The highest BCUT2D eigenvalue weighted by atomic mass is 32.1. The van der Waals surface area contributed by atoms with Gasteiger partial charge in [0.25, 0.3) is 0 Å². The Hall–Kier alpha value is -7.40. The van der Waals surface area contributed by atoms with Gasteiger partial charge in [0.1, 0.15) is 16.7 Å². The zero-order valence-corrected chi connectivity index (χ0v) is 32.0. The Labute approximate surface area is 338 Å². The zero-order chi connectivity index (χ0) is 38.2. The largest absolute Gasteiger partial charge is 0.456 e. The molecular weight excluding hydrogens is 727 g/mol. The van der Waals surface area contributed by atoms with E-state index in [0.29, 0.717) is 0 Å². The molecule has 0 aliphatic heterocycles. The van der Waals surface area contributed by atoms with Crippen LogP contribution in [0.3, 0.4) is 0 Å². The molecule has 4 heteroatoms.